The number of ketones is 1. The lowest BCUT2D eigenvalue weighted by atomic mass is 9.92. The fraction of sp³-hybridized carbons (Fsp3) is 0.0345. The molecule has 0 saturated carbocycles. The number of hydrogen-bond acceptors (Lipinski definition) is 7. The van der Waals surface area contributed by atoms with E-state index in [4.69, 9.17) is 4.74 Å². The Morgan fingerprint density at radius 3 is 2.05 bits per heavy atom. The lowest BCUT2D eigenvalue weighted by molar-refractivity contribution is 0.102. The van der Waals surface area contributed by atoms with Gasteiger partial charge in [0.2, 0.25) is 11.7 Å². The van der Waals surface area contributed by atoms with E-state index < -0.39 is 11.3 Å². The number of para-hydroxylation sites is 1. The molecule has 0 amide bonds. The lowest BCUT2D eigenvalue weighted by Gasteiger charge is -2.16. The van der Waals surface area contributed by atoms with Gasteiger partial charge in [0, 0.05) is 11.1 Å². The van der Waals surface area contributed by atoms with E-state index in [0.717, 1.165) is 15.8 Å². The molecule has 0 bridgehead atoms. The zero-order valence-electron chi connectivity index (χ0n) is 19.7. The predicted molar refractivity (Wildman–Crippen MR) is 137 cm³/mol. The van der Waals surface area contributed by atoms with E-state index in [9.17, 15) is 14.9 Å². The first-order valence-corrected chi connectivity index (χ1v) is 11.3. The van der Waals surface area contributed by atoms with Crippen LogP contribution in [0.1, 0.15) is 21.6 Å². The molecule has 8 heteroatoms. The number of hydrogen-bond donors (Lipinski definition) is 0. The largest absolute Gasteiger partial charge is 0.479 e. The molecule has 0 radical (unpaired) electrons. The summed E-state index contributed by atoms with van der Waals surface area (Å²) in [5.74, 6) is -0.565. The molecular formula is C29H19N5O3. The van der Waals surface area contributed by atoms with E-state index >= 15 is 0 Å². The molecule has 3 aromatic carbocycles. The van der Waals surface area contributed by atoms with Gasteiger partial charge in [0.15, 0.2) is 0 Å². The molecule has 0 atom stereocenters. The van der Waals surface area contributed by atoms with Gasteiger partial charge in [-0.05, 0) is 23.8 Å². The van der Waals surface area contributed by atoms with Gasteiger partial charge in [0.05, 0.1) is 18.4 Å². The van der Waals surface area contributed by atoms with Gasteiger partial charge in [0.25, 0.3) is 5.56 Å². The first-order valence-electron chi connectivity index (χ1n) is 11.3. The first kappa shape index (κ1) is 23.3. The molecule has 5 rings (SSSR count). The summed E-state index contributed by atoms with van der Waals surface area (Å²) in [6, 6.07) is 30.3. The molecule has 2 heterocycles. The maximum absolute atomic E-state index is 14.1. The van der Waals surface area contributed by atoms with Gasteiger partial charge in [-0.1, -0.05) is 78.9 Å². The molecule has 0 unspecified atom stereocenters. The van der Waals surface area contributed by atoms with Crippen LogP contribution in [0.4, 0.5) is 0 Å². The summed E-state index contributed by atoms with van der Waals surface area (Å²) < 4.78 is 6.53. The molecule has 0 aliphatic heterocycles. The third kappa shape index (κ3) is 4.37. The van der Waals surface area contributed by atoms with Crippen molar-refractivity contribution < 1.29 is 9.53 Å². The normalized spacial score (nSPS) is 10.5. The van der Waals surface area contributed by atoms with Gasteiger partial charge in [-0.2, -0.15) is 15.0 Å². The Labute approximate surface area is 212 Å². The summed E-state index contributed by atoms with van der Waals surface area (Å²) in [6.45, 7) is 0. The highest BCUT2D eigenvalue weighted by Gasteiger charge is 2.28. The minimum atomic E-state index is -0.627. The topological polar surface area (TPSA) is 111 Å². The standard InChI is InChI=1S/C29H19N5O3/c1-37-28-25(24(19-11-5-2-6-12-19)26(31-32-28)20-13-7-3-8-14-20)27(35)23-17-21(18-30)29(36)34(33-23)22-15-9-4-10-16-22/h2-17H,1H3. The Bertz CT molecular complexity index is 1690. The van der Waals surface area contributed by atoms with Crippen molar-refractivity contribution in [3.8, 4) is 40.0 Å². The van der Waals surface area contributed by atoms with Crippen molar-refractivity contribution >= 4 is 5.78 Å². The smallest absolute Gasteiger partial charge is 0.289 e. The number of rotatable bonds is 6. The van der Waals surface area contributed by atoms with Gasteiger partial charge in [-0.15, -0.1) is 10.2 Å². The van der Waals surface area contributed by atoms with Gasteiger partial charge in [0.1, 0.15) is 23.0 Å². The number of benzene rings is 3. The maximum atomic E-state index is 14.1. The van der Waals surface area contributed by atoms with Gasteiger partial charge < -0.3 is 4.74 Å². The van der Waals surface area contributed by atoms with E-state index in [0.29, 0.717) is 16.9 Å². The molecule has 0 spiro atoms. The second-order valence-electron chi connectivity index (χ2n) is 7.98. The molecule has 0 N–H and O–H groups in total. The predicted octanol–water partition coefficient (Wildman–Crippen LogP) is 4.47. The van der Waals surface area contributed by atoms with Crippen molar-refractivity contribution in [2.24, 2.45) is 0 Å². The minimum absolute atomic E-state index is 0.00121. The Morgan fingerprint density at radius 2 is 1.46 bits per heavy atom. The third-order valence-electron chi connectivity index (χ3n) is 5.74. The van der Waals surface area contributed by atoms with Crippen LogP contribution in [0.15, 0.2) is 102 Å². The molecule has 5 aromatic rings. The number of ether oxygens (including phenoxy) is 1. The Hall–Kier alpha value is -5.42. The summed E-state index contributed by atoms with van der Waals surface area (Å²) in [6.07, 6.45) is 0. The zero-order chi connectivity index (χ0) is 25.8. The summed E-state index contributed by atoms with van der Waals surface area (Å²) >= 11 is 0. The van der Waals surface area contributed by atoms with Crippen molar-refractivity contribution in [3.63, 3.8) is 0 Å². The van der Waals surface area contributed by atoms with Gasteiger partial charge in [-0.25, -0.2) is 0 Å². The van der Waals surface area contributed by atoms with Crippen LogP contribution in [0.2, 0.25) is 0 Å². The number of aromatic nitrogens is 4. The van der Waals surface area contributed by atoms with Gasteiger partial charge >= 0.3 is 0 Å². The number of nitrogens with zero attached hydrogens (tertiary/aromatic N) is 5. The highest BCUT2D eigenvalue weighted by molar-refractivity contribution is 6.15. The van der Waals surface area contributed by atoms with Crippen molar-refractivity contribution in [3.05, 3.63) is 124 Å². The van der Waals surface area contributed by atoms with Crippen molar-refractivity contribution in [2.75, 3.05) is 7.11 Å². The lowest BCUT2D eigenvalue weighted by Crippen LogP contribution is -2.26. The second kappa shape index (κ2) is 10.1. The van der Waals surface area contributed by atoms with E-state index in [1.165, 1.54) is 13.2 Å². The SMILES string of the molecule is COc1nnc(-c2ccccc2)c(-c2ccccc2)c1C(=O)c1cc(C#N)c(=O)n(-c2ccccc2)n1. The molecular weight excluding hydrogens is 466 g/mol. The highest BCUT2D eigenvalue weighted by Crippen LogP contribution is 2.37. The first-order chi connectivity index (χ1) is 18.1. The molecule has 0 saturated heterocycles. The summed E-state index contributed by atoms with van der Waals surface area (Å²) in [5.41, 5.74) is 2.05. The van der Waals surface area contributed by atoms with Gasteiger partial charge in [-0.3, -0.25) is 9.59 Å². The zero-order valence-corrected chi connectivity index (χ0v) is 19.7. The summed E-state index contributed by atoms with van der Waals surface area (Å²) in [5, 5.41) is 22.6. The van der Waals surface area contributed by atoms with Crippen LogP contribution in [0.3, 0.4) is 0 Å². The number of carbonyl (C=O) groups excluding carboxylic acids is 1. The van der Waals surface area contributed by atoms with Crippen molar-refractivity contribution in [1.29, 1.82) is 5.26 Å². The quantitative estimate of drug-likeness (QED) is 0.326. The molecule has 2 aromatic heterocycles. The molecule has 0 aliphatic rings. The molecule has 0 fully saturated rings. The highest BCUT2D eigenvalue weighted by atomic mass is 16.5. The van der Waals surface area contributed by atoms with Crippen LogP contribution in [0.5, 0.6) is 5.88 Å². The van der Waals surface area contributed by atoms with Crippen LogP contribution in [0, 0.1) is 11.3 Å². The Balaban J connectivity index is 1.80. The number of nitriles is 1. The van der Waals surface area contributed by atoms with Crippen LogP contribution in [-0.2, 0) is 0 Å². The average Bonchev–Trinajstić information content (AvgIpc) is 2.97. The molecule has 0 aliphatic carbocycles. The number of methoxy groups -OCH3 is 1. The van der Waals surface area contributed by atoms with Crippen LogP contribution in [-0.4, -0.2) is 32.9 Å². The second-order valence-corrected chi connectivity index (χ2v) is 7.98. The summed E-state index contributed by atoms with van der Waals surface area (Å²) in [4.78, 5) is 27.0. The summed E-state index contributed by atoms with van der Waals surface area (Å²) in [7, 11) is 1.40. The number of carbonyl (C=O) groups is 1. The van der Waals surface area contributed by atoms with Crippen LogP contribution >= 0.6 is 0 Å². The minimum Gasteiger partial charge on any atom is -0.479 e. The molecule has 37 heavy (non-hydrogen) atoms. The van der Waals surface area contributed by atoms with Crippen LogP contribution in [0.25, 0.3) is 28.1 Å². The third-order valence-corrected chi connectivity index (χ3v) is 5.74. The van der Waals surface area contributed by atoms with Crippen molar-refractivity contribution in [1.82, 2.24) is 20.0 Å². The van der Waals surface area contributed by atoms with E-state index in [2.05, 4.69) is 15.3 Å². The van der Waals surface area contributed by atoms with Crippen LogP contribution < -0.4 is 10.3 Å². The van der Waals surface area contributed by atoms with Crippen molar-refractivity contribution in [2.45, 2.75) is 0 Å². The fourth-order valence-electron chi connectivity index (χ4n) is 4.02. The Kier molecular flexibility index (Phi) is 6.34. The fourth-order valence-corrected chi connectivity index (χ4v) is 4.02. The molecule has 178 valence electrons. The van der Waals surface area contributed by atoms with E-state index in [1.54, 1.807) is 30.3 Å². The molecule has 8 nitrogen and oxygen atoms in total. The average molecular weight is 486 g/mol. The van der Waals surface area contributed by atoms with E-state index in [1.807, 2.05) is 66.7 Å². The maximum Gasteiger partial charge on any atom is 0.289 e. The Morgan fingerprint density at radius 1 is 0.865 bits per heavy atom. The monoisotopic (exact) mass is 485 g/mol. The van der Waals surface area contributed by atoms with E-state index in [-0.39, 0.29) is 22.7 Å².